The highest BCUT2D eigenvalue weighted by Crippen LogP contribution is 2.63. The van der Waals surface area contributed by atoms with Gasteiger partial charge in [-0.05, 0) is 87.9 Å². The summed E-state index contributed by atoms with van der Waals surface area (Å²) in [5, 5.41) is 10.6. The van der Waals surface area contributed by atoms with Crippen molar-refractivity contribution in [2.45, 2.75) is 92.1 Å². The molecule has 2 fully saturated rings. The average molecular weight is 331 g/mol. The molecular formula is C23H38O. The summed E-state index contributed by atoms with van der Waals surface area (Å²) in [5.74, 6) is 2.43. The third-order valence-corrected chi connectivity index (χ3v) is 8.54. The molecule has 2 saturated carbocycles. The Morgan fingerprint density at radius 2 is 1.96 bits per heavy atom. The van der Waals surface area contributed by atoms with E-state index in [1.54, 1.807) is 11.1 Å². The summed E-state index contributed by atoms with van der Waals surface area (Å²) in [6, 6.07) is 0. The number of rotatable bonds is 2. The van der Waals surface area contributed by atoms with Gasteiger partial charge in [0.05, 0.1) is 5.60 Å². The van der Waals surface area contributed by atoms with E-state index in [1.165, 1.54) is 32.1 Å². The van der Waals surface area contributed by atoms with Gasteiger partial charge in [0, 0.05) is 0 Å². The Morgan fingerprint density at radius 1 is 1.25 bits per heavy atom. The molecule has 0 aromatic heterocycles. The maximum Gasteiger partial charge on any atom is 0.0657 e. The van der Waals surface area contributed by atoms with E-state index in [4.69, 9.17) is 0 Å². The van der Waals surface area contributed by atoms with E-state index < -0.39 is 5.60 Å². The lowest BCUT2D eigenvalue weighted by molar-refractivity contribution is -0.0574. The Bertz CT molecular complexity index is 554. The van der Waals surface area contributed by atoms with Crippen LogP contribution in [0.3, 0.4) is 0 Å². The van der Waals surface area contributed by atoms with Crippen LogP contribution in [0.15, 0.2) is 23.3 Å². The van der Waals surface area contributed by atoms with Gasteiger partial charge in [-0.3, -0.25) is 0 Å². The number of allylic oxidation sites excluding steroid dienone is 3. The standard InChI is InChI=1S/C23H38O/c1-7-16(3)22(5)12-11-20-18(19(22)8-2)10-9-17-15-21(4,24)13-14-23(17,20)6/h7,9,18-20,24H,8,10-15H2,1-6H3/b16-7-/t18?,19?,20?,21-,22?,23?/m0/s1. The Labute approximate surface area is 149 Å². The summed E-state index contributed by atoms with van der Waals surface area (Å²) in [6.07, 6.45) is 13.1. The molecule has 0 bridgehead atoms. The van der Waals surface area contributed by atoms with E-state index in [0.717, 1.165) is 30.6 Å². The van der Waals surface area contributed by atoms with Crippen LogP contribution in [0.5, 0.6) is 0 Å². The summed E-state index contributed by atoms with van der Waals surface area (Å²) >= 11 is 0. The first-order valence-electron chi connectivity index (χ1n) is 10.2. The number of hydrogen-bond donors (Lipinski definition) is 1. The summed E-state index contributed by atoms with van der Waals surface area (Å²) < 4.78 is 0. The van der Waals surface area contributed by atoms with E-state index in [-0.39, 0.29) is 0 Å². The molecule has 24 heavy (non-hydrogen) atoms. The molecule has 1 nitrogen and oxygen atoms in total. The molecule has 3 aliphatic carbocycles. The molecule has 5 unspecified atom stereocenters. The van der Waals surface area contributed by atoms with Crippen molar-refractivity contribution in [2.75, 3.05) is 0 Å². The first-order valence-corrected chi connectivity index (χ1v) is 10.2. The van der Waals surface area contributed by atoms with Crippen molar-refractivity contribution in [1.29, 1.82) is 0 Å². The Kier molecular flexibility index (Phi) is 4.56. The van der Waals surface area contributed by atoms with Gasteiger partial charge in [0.25, 0.3) is 0 Å². The lowest BCUT2D eigenvalue weighted by Gasteiger charge is -2.59. The van der Waals surface area contributed by atoms with E-state index in [9.17, 15) is 5.11 Å². The first kappa shape index (κ1) is 18.2. The fraction of sp³-hybridized carbons (Fsp3) is 0.826. The second-order valence-electron chi connectivity index (χ2n) is 9.77. The van der Waals surface area contributed by atoms with Crippen LogP contribution < -0.4 is 0 Å². The molecule has 3 aliphatic rings. The monoisotopic (exact) mass is 330 g/mol. The molecular weight excluding hydrogens is 292 g/mol. The van der Waals surface area contributed by atoms with Crippen molar-refractivity contribution in [2.24, 2.45) is 28.6 Å². The van der Waals surface area contributed by atoms with E-state index >= 15 is 0 Å². The first-order chi connectivity index (χ1) is 11.2. The minimum Gasteiger partial charge on any atom is -0.390 e. The summed E-state index contributed by atoms with van der Waals surface area (Å²) in [5.41, 5.74) is 3.41. The van der Waals surface area contributed by atoms with Gasteiger partial charge in [0.2, 0.25) is 0 Å². The highest BCUT2D eigenvalue weighted by atomic mass is 16.3. The van der Waals surface area contributed by atoms with Crippen LogP contribution in [0.4, 0.5) is 0 Å². The molecule has 0 aromatic rings. The molecule has 1 heteroatoms. The van der Waals surface area contributed by atoms with E-state index in [1.807, 2.05) is 6.92 Å². The third-order valence-electron chi connectivity index (χ3n) is 8.54. The highest BCUT2D eigenvalue weighted by molar-refractivity contribution is 5.27. The van der Waals surface area contributed by atoms with Crippen molar-refractivity contribution in [3.8, 4) is 0 Å². The molecule has 0 saturated heterocycles. The molecule has 0 amide bonds. The van der Waals surface area contributed by atoms with Crippen LogP contribution >= 0.6 is 0 Å². The zero-order valence-corrected chi connectivity index (χ0v) is 16.8. The minimum absolute atomic E-state index is 0.337. The molecule has 136 valence electrons. The molecule has 0 radical (unpaired) electrons. The maximum atomic E-state index is 10.6. The van der Waals surface area contributed by atoms with Crippen molar-refractivity contribution < 1.29 is 5.11 Å². The molecule has 0 aliphatic heterocycles. The SMILES string of the molecule is C/C=C(/C)C1(C)CCC2C(CC=C3C[C@@](C)(O)CCC32C)C1CC. The Balaban J connectivity index is 1.96. The highest BCUT2D eigenvalue weighted by Gasteiger charge is 2.55. The zero-order chi connectivity index (χ0) is 17.8. The summed E-state index contributed by atoms with van der Waals surface area (Å²) in [4.78, 5) is 0. The molecule has 1 N–H and O–H groups in total. The van der Waals surface area contributed by atoms with Crippen molar-refractivity contribution in [1.82, 2.24) is 0 Å². The number of aliphatic hydroxyl groups is 1. The largest absolute Gasteiger partial charge is 0.390 e. The van der Waals surface area contributed by atoms with Gasteiger partial charge in [0.1, 0.15) is 0 Å². The van der Waals surface area contributed by atoms with Crippen molar-refractivity contribution in [3.63, 3.8) is 0 Å². The van der Waals surface area contributed by atoms with Crippen LogP contribution in [0.25, 0.3) is 0 Å². The Morgan fingerprint density at radius 3 is 2.58 bits per heavy atom. The van der Waals surface area contributed by atoms with Gasteiger partial charge in [-0.2, -0.15) is 0 Å². The van der Waals surface area contributed by atoms with Gasteiger partial charge >= 0.3 is 0 Å². The van der Waals surface area contributed by atoms with Crippen LogP contribution in [0.1, 0.15) is 86.5 Å². The van der Waals surface area contributed by atoms with Gasteiger partial charge in [-0.15, -0.1) is 0 Å². The van der Waals surface area contributed by atoms with Crippen LogP contribution in [-0.4, -0.2) is 10.7 Å². The van der Waals surface area contributed by atoms with Crippen molar-refractivity contribution >= 4 is 0 Å². The van der Waals surface area contributed by atoms with Gasteiger partial charge in [0.15, 0.2) is 0 Å². The second kappa shape index (κ2) is 6.01. The van der Waals surface area contributed by atoms with Gasteiger partial charge in [-0.1, -0.05) is 50.5 Å². The van der Waals surface area contributed by atoms with Crippen LogP contribution in [0, 0.1) is 28.6 Å². The molecule has 0 aromatic carbocycles. The number of fused-ring (bicyclic) bond motifs is 3. The zero-order valence-electron chi connectivity index (χ0n) is 16.8. The summed E-state index contributed by atoms with van der Waals surface area (Å²) in [7, 11) is 0. The predicted octanol–water partition coefficient (Wildman–Crippen LogP) is 6.28. The van der Waals surface area contributed by atoms with Gasteiger partial charge < -0.3 is 5.11 Å². The van der Waals surface area contributed by atoms with E-state index in [0.29, 0.717) is 10.8 Å². The normalized spacial score (nSPS) is 49.2. The maximum absolute atomic E-state index is 10.6. The third kappa shape index (κ3) is 2.62. The molecule has 0 spiro atoms. The summed E-state index contributed by atoms with van der Waals surface area (Å²) in [6.45, 7) is 14.0. The topological polar surface area (TPSA) is 20.2 Å². The Hall–Kier alpha value is -0.560. The minimum atomic E-state index is -0.479. The molecule has 6 atom stereocenters. The predicted molar refractivity (Wildman–Crippen MR) is 103 cm³/mol. The smallest absolute Gasteiger partial charge is 0.0657 e. The lowest BCUT2D eigenvalue weighted by Crippen LogP contribution is -2.52. The fourth-order valence-electron chi connectivity index (χ4n) is 6.70. The molecule has 3 rings (SSSR count). The fourth-order valence-corrected chi connectivity index (χ4v) is 6.70. The van der Waals surface area contributed by atoms with Crippen LogP contribution in [-0.2, 0) is 0 Å². The number of hydrogen-bond acceptors (Lipinski definition) is 1. The van der Waals surface area contributed by atoms with Gasteiger partial charge in [-0.25, -0.2) is 0 Å². The van der Waals surface area contributed by atoms with Crippen LogP contribution in [0.2, 0.25) is 0 Å². The molecule has 0 heterocycles. The lowest BCUT2D eigenvalue weighted by atomic mass is 9.45. The second-order valence-corrected chi connectivity index (χ2v) is 9.77. The quantitative estimate of drug-likeness (QED) is 0.590. The van der Waals surface area contributed by atoms with E-state index in [2.05, 4.69) is 46.8 Å². The average Bonchev–Trinajstić information content (AvgIpc) is 2.54. The van der Waals surface area contributed by atoms with Crippen molar-refractivity contribution in [3.05, 3.63) is 23.3 Å².